The molecular weight excluding hydrogens is 266 g/mol. The maximum absolute atomic E-state index is 11.1. The van der Waals surface area contributed by atoms with E-state index in [0.717, 1.165) is 26.1 Å². The maximum atomic E-state index is 11.1. The molecule has 21 heavy (non-hydrogen) atoms. The molecule has 0 aliphatic carbocycles. The molecule has 1 fully saturated rings. The van der Waals surface area contributed by atoms with Crippen molar-refractivity contribution in [2.75, 3.05) is 34.3 Å². The number of hydrogen-bond acceptors (Lipinski definition) is 4. The fourth-order valence-electron chi connectivity index (χ4n) is 2.92. The first-order valence-corrected chi connectivity index (χ1v) is 7.30. The number of benzene rings is 1. The zero-order valence-corrected chi connectivity index (χ0v) is 13.1. The number of nitrogens with two attached hydrogens (primary N) is 1. The van der Waals surface area contributed by atoms with E-state index in [4.69, 9.17) is 10.5 Å². The molecule has 2 rings (SSSR count). The highest BCUT2D eigenvalue weighted by molar-refractivity contribution is 5.92. The molecule has 1 saturated heterocycles. The number of carbonyl (C=O) groups excluding carboxylic acids is 1. The van der Waals surface area contributed by atoms with Crippen molar-refractivity contribution in [2.45, 2.75) is 25.1 Å². The van der Waals surface area contributed by atoms with Crippen molar-refractivity contribution in [1.82, 2.24) is 9.80 Å². The van der Waals surface area contributed by atoms with E-state index in [9.17, 15) is 4.79 Å². The summed E-state index contributed by atoms with van der Waals surface area (Å²) in [6.45, 7) is 2.87. The lowest BCUT2D eigenvalue weighted by atomic mass is 10.1. The van der Waals surface area contributed by atoms with Gasteiger partial charge in [0.25, 0.3) is 0 Å². The highest BCUT2D eigenvalue weighted by Gasteiger charge is 2.29. The number of hydrogen-bond donors (Lipinski definition) is 1. The first kappa shape index (κ1) is 15.9. The third-order valence-corrected chi connectivity index (χ3v) is 4.20. The summed E-state index contributed by atoms with van der Waals surface area (Å²) < 4.78 is 5.44. The Morgan fingerprint density at radius 1 is 1.43 bits per heavy atom. The summed E-state index contributed by atoms with van der Waals surface area (Å²) >= 11 is 0. The third kappa shape index (κ3) is 4.27. The van der Waals surface area contributed by atoms with Crippen molar-refractivity contribution in [1.29, 1.82) is 0 Å². The van der Waals surface area contributed by atoms with Gasteiger partial charge in [-0.3, -0.25) is 9.69 Å². The van der Waals surface area contributed by atoms with Crippen LogP contribution in [-0.2, 0) is 11.3 Å². The van der Waals surface area contributed by atoms with Gasteiger partial charge in [-0.1, -0.05) is 12.1 Å². The van der Waals surface area contributed by atoms with Gasteiger partial charge in [0, 0.05) is 38.3 Å². The maximum Gasteiger partial charge on any atom is 0.248 e. The number of methoxy groups -OCH3 is 1. The zero-order valence-electron chi connectivity index (χ0n) is 13.1. The zero-order chi connectivity index (χ0) is 15.4. The molecule has 1 heterocycles. The number of rotatable bonds is 6. The van der Waals surface area contributed by atoms with Crippen molar-refractivity contribution in [2.24, 2.45) is 5.73 Å². The molecule has 0 radical (unpaired) electrons. The van der Waals surface area contributed by atoms with Crippen molar-refractivity contribution in [3.8, 4) is 0 Å². The summed E-state index contributed by atoms with van der Waals surface area (Å²) in [6.07, 6.45) is 1.43. The molecule has 0 saturated carbocycles. The minimum Gasteiger partial charge on any atom is -0.380 e. The average Bonchev–Trinajstić information content (AvgIpc) is 2.80. The molecule has 0 aromatic heterocycles. The van der Waals surface area contributed by atoms with Crippen LogP contribution in [0.3, 0.4) is 0 Å². The Labute approximate surface area is 126 Å². The largest absolute Gasteiger partial charge is 0.380 e. The molecule has 1 amide bonds. The van der Waals surface area contributed by atoms with E-state index in [1.807, 2.05) is 12.1 Å². The van der Waals surface area contributed by atoms with Gasteiger partial charge in [0.1, 0.15) is 0 Å². The summed E-state index contributed by atoms with van der Waals surface area (Å²) in [5, 5.41) is 0. The summed E-state index contributed by atoms with van der Waals surface area (Å²) in [5.74, 6) is -0.381. The van der Waals surface area contributed by atoms with E-state index in [0.29, 0.717) is 17.7 Å². The van der Waals surface area contributed by atoms with E-state index in [1.54, 1.807) is 19.2 Å². The highest BCUT2D eigenvalue weighted by Crippen LogP contribution is 2.19. The standard InChI is InChI=1S/C16H25N3O2/c1-18(10-14-8-15(21-3)11-19(14)2)9-12-4-6-13(7-5-12)16(17)20/h4-7,14-15H,8-11H2,1-3H3,(H2,17,20)/t14-,15-/m0/s1. The van der Waals surface area contributed by atoms with E-state index < -0.39 is 0 Å². The molecule has 1 aliphatic rings. The second-order valence-electron chi connectivity index (χ2n) is 5.94. The molecular formula is C16H25N3O2. The van der Waals surface area contributed by atoms with Gasteiger partial charge in [0.05, 0.1) is 6.10 Å². The Balaban J connectivity index is 1.87. The number of likely N-dealkylation sites (tertiary alicyclic amines) is 1. The number of carbonyl (C=O) groups is 1. The van der Waals surface area contributed by atoms with Crippen molar-refractivity contribution in [3.63, 3.8) is 0 Å². The Bertz CT molecular complexity index is 475. The first-order chi connectivity index (χ1) is 9.99. The summed E-state index contributed by atoms with van der Waals surface area (Å²) in [7, 11) is 6.06. The Kier molecular flexibility index (Phi) is 5.33. The average molecular weight is 291 g/mol. The minimum absolute atomic E-state index is 0.350. The fraction of sp³-hybridized carbons (Fsp3) is 0.562. The Hall–Kier alpha value is -1.43. The van der Waals surface area contributed by atoms with Gasteiger partial charge < -0.3 is 15.4 Å². The molecule has 0 unspecified atom stereocenters. The van der Waals surface area contributed by atoms with Gasteiger partial charge in [-0.25, -0.2) is 0 Å². The van der Waals surface area contributed by atoms with Crippen molar-refractivity contribution < 1.29 is 9.53 Å². The Morgan fingerprint density at radius 3 is 2.62 bits per heavy atom. The van der Waals surface area contributed by atoms with Crippen molar-refractivity contribution >= 4 is 5.91 Å². The molecule has 1 aromatic carbocycles. The lowest BCUT2D eigenvalue weighted by Gasteiger charge is -2.25. The lowest BCUT2D eigenvalue weighted by molar-refractivity contribution is 0.1000. The number of nitrogens with zero attached hydrogens (tertiary/aromatic N) is 2. The topological polar surface area (TPSA) is 58.8 Å². The van der Waals surface area contributed by atoms with E-state index in [2.05, 4.69) is 23.9 Å². The molecule has 0 spiro atoms. The SMILES string of the molecule is CO[C@H]1C[C@@H](CN(C)Cc2ccc(C(N)=O)cc2)N(C)C1. The van der Waals surface area contributed by atoms with Crippen LogP contribution in [0.5, 0.6) is 0 Å². The predicted molar refractivity (Wildman–Crippen MR) is 83.1 cm³/mol. The molecule has 1 aliphatic heterocycles. The molecule has 5 nitrogen and oxygen atoms in total. The van der Waals surface area contributed by atoms with Gasteiger partial charge in [0.2, 0.25) is 5.91 Å². The van der Waals surface area contributed by atoms with Gasteiger partial charge in [-0.15, -0.1) is 0 Å². The van der Waals surface area contributed by atoms with E-state index in [1.165, 1.54) is 5.56 Å². The monoisotopic (exact) mass is 291 g/mol. The van der Waals surface area contributed by atoms with Crippen LogP contribution in [0.4, 0.5) is 0 Å². The van der Waals surface area contributed by atoms with Crippen LogP contribution in [0.25, 0.3) is 0 Å². The molecule has 5 heteroatoms. The highest BCUT2D eigenvalue weighted by atomic mass is 16.5. The fourth-order valence-corrected chi connectivity index (χ4v) is 2.92. The molecule has 116 valence electrons. The third-order valence-electron chi connectivity index (χ3n) is 4.20. The summed E-state index contributed by atoms with van der Waals surface area (Å²) in [5.41, 5.74) is 6.99. The van der Waals surface area contributed by atoms with Crippen LogP contribution in [0.2, 0.25) is 0 Å². The molecule has 1 aromatic rings. The summed E-state index contributed by atoms with van der Waals surface area (Å²) in [6, 6.07) is 8.03. The van der Waals surface area contributed by atoms with E-state index in [-0.39, 0.29) is 5.91 Å². The quantitative estimate of drug-likeness (QED) is 0.847. The van der Waals surface area contributed by atoms with Crippen LogP contribution < -0.4 is 5.73 Å². The van der Waals surface area contributed by atoms with E-state index >= 15 is 0 Å². The van der Waals surface area contributed by atoms with Crippen LogP contribution >= 0.6 is 0 Å². The second kappa shape index (κ2) is 7.02. The second-order valence-corrected chi connectivity index (χ2v) is 5.94. The van der Waals surface area contributed by atoms with Crippen LogP contribution in [0.1, 0.15) is 22.3 Å². The van der Waals surface area contributed by atoms with Gasteiger partial charge in [-0.05, 0) is 38.2 Å². The number of likely N-dealkylation sites (N-methyl/N-ethyl adjacent to an activating group) is 2. The minimum atomic E-state index is -0.381. The van der Waals surface area contributed by atoms with Gasteiger partial charge in [0.15, 0.2) is 0 Å². The Morgan fingerprint density at radius 2 is 2.10 bits per heavy atom. The lowest BCUT2D eigenvalue weighted by Crippen LogP contribution is -2.36. The number of primary amides is 1. The van der Waals surface area contributed by atoms with Crippen LogP contribution in [-0.4, -0.2) is 62.1 Å². The number of amides is 1. The predicted octanol–water partition coefficient (Wildman–Crippen LogP) is 0.936. The van der Waals surface area contributed by atoms with Gasteiger partial charge >= 0.3 is 0 Å². The molecule has 2 atom stereocenters. The van der Waals surface area contributed by atoms with Crippen LogP contribution in [0, 0.1) is 0 Å². The molecule has 0 bridgehead atoms. The van der Waals surface area contributed by atoms with Gasteiger partial charge in [-0.2, -0.15) is 0 Å². The smallest absolute Gasteiger partial charge is 0.248 e. The van der Waals surface area contributed by atoms with Crippen molar-refractivity contribution in [3.05, 3.63) is 35.4 Å². The molecule has 2 N–H and O–H groups in total. The number of ether oxygens (including phenoxy) is 1. The van der Waals surface area contributed by atoms with Crippen LogP contribution in [0.15, 0.2) is 24.3 Å². The first-order valence-electron chi connectivity index (χ1n) is 7.30. The summed E-state index contributed by atoms with van der Waals surface area (Å²) in [4.78, 5) is 15.7. The normalized spacial score (nSPS) is 22.9.